The van der Waals surface area contributed by atoms with E-state index >= 15 is 0 Å². The van der Waals surface area contributed by atoms with Gasteiger partial charge in [0.05, 0.1) is 23.7 Å². The number of rotatable bonds is 5. The van der Waals surface area contributed by atoms with E-state index in [9.17, 15) is 13.2 Å². The highest BCUT2D eigenvalue weighted by Crippen LogP contribution is 2.36. The normalized spacial score (nSPS) is 21.1. The van der Waals surface area contributed by atoms with Crippen LogP contribution >= 0.6 is 11.3 Å². The molecule has 10 nitrogen and oxygen atoms in total. The second-order valence-corrected chi connectivity index (χ2v) is 12.6. The summed E-state index contributed by atoms with van der Waals surface area (Å²) in [5, 5.41) is 4.80. The number of carbonyl (C=O) groups is 1. The number of hydrogen-bond donors (Lipinski definition) is 2. The fourth-order valence-corrected chi connectivity index (χ4v) is 6.59. The van der Waals surface area contributed by atoms with E-state index in [1.165, 1.54) is 11.3 Å². The van der Waals surface area contributed by atoms with Crippen molar-refractivity contribution >= 4 is 44.4 Å². The lowest BCUT2D eigenvalue weighted by atomic mass is 9.99. The van der Waals surface area contributed by atoms with E-state index in [0.717, 1.165) is 72.6 Å². The molecule has 0 aromatic carbocycles. The molecule has 0 saturated carbocycles. The van der Waals surface area contributed by atoms with Gasteiger partial charge in [-0.1, -0.05) is 0 Å². The van der Waals surface area contributed by atoms with Crippen LogP contribution in [0.4, 0.5) is 11.5 Å². The molecule has 2 fully saturated rings. The first-order valence-electron chi connectivity index (χ1n) is 11.9. The molecule has 2 aliphatic heterocycles. The third kappa shape index (κ3) is 4.87. The van der Waals surface area contributed by atoms with E-state index in [1.54, 1.807) is 10.6 Å². The summed E-state index contributed by atoms with van der Waals surface area (Å²) < 4.78 is 28.0. The van der Waals surface area contributed by atoms with E-state index in [0.29, 0.717) is 17.1 Å². The van der Waals surface area contributed by atoms with E-state index in [1.807, 2.05) is 31.0 Å². The van der Waals surface area contributed by atoms with Gasteiger partial charge in [-0.3, -0.25) is 9.52 Å². The van der Waals surface area contributed by atoms with Gasteiger partial charge in [0, 0.05) is 48.4 Å². The van der Waals surface area contributed by atoms with Gasteiger partial charge >= 0.3 is 0 Å². The van der Waals surface area contributed by atoms with Crippen LogP contribution in [0.1, 0.15) is 57.5 Å². The summed E-state index contributed by atoms with van der Waals surface area (Å²) in [6.45, 7) is 6.17. The number of likely N-dealkylation sites (tertiary alicyclic amines) is 1. The van der Waals surface area contributed by atoms with Gasteiger partial charge in [0.25, 0.3) is 5.91 Å². The van der Waals surface area contributed by atoms with Crippen molar-refractivity contribution < 1.29 is 13.2 Å². The molecule has 2 aliphatic rings. The molecule has 2 saturated heterocycles. The van der Waals surface area contributed by atoms with Gasteiger partial charge in [0.15, 0.2) is 5.65 Å². The standard InChI is InChI=1S/C23H31N7O3S2/c1-14-12-30-20(25-22(14)28-9-7-16(24)13-28)11-17(26-30)19-6-4-5-8-29(19)23(31)21-18(10-15(2)34-21)27-35(3,32)33/h10-12,16,19,27H,4-9,13,24H2,1-3H3/t16-,19-/m0/s1. The maximum absolute atomic E-state index is 13.7. The number of piperidine rings is 1. The van der Waals surface area contributed by atoms with Crippen LogP contribution in [0.3, 0.4) is 0 Å². The molecule has 35 heavy (non-hydrogen) atoms. The molecule has 0 spiro atoms. The van der Waals surface area contributed by atoms with Crippen LogP contribution in [0.15, 0.2) is 18.3 Å². The number of sulfonamides is 1. The van der Waals surface area contributed by atoms with E-state index in [-0.39, 0.29) is 18.0 Å². The average Bonchev–Trinajstić information content (AvgIpc) is 3.49. The second-order valence-electron chi connectivity index (χ2n) is 9.60. The van der Waals surface area contributed by atoms with Gasteiger partial charge in [-0.2, -0.15) is 5.10 Å². The number of carbonyl (C=O) groups excluding carboxylic acids is 1. The topological polar surface area (TPSA) is 126 Å². The molecule has 5 rings (SSSR count). The Balaban J connectivity index is 1.47. The molecule has 0 aliphatic carbocycles. The van der Waals surface area contributed by atoms with Gasteiger partial charge < -0.3 is 15.5 Å². The van der Waals surface area contributed by atoms with Crippen molar-refractivity contribution in [2.75, 3.05) is 35.5 Å². The Morgan fingerprint density at radius 1 is 1.20 bits per heavy atom. The Bertz CT molecular complexity index is 1380. The highest BCUT2D eigenvalue weighted by molar-refractivity contribution is 7.92. The molecule has 2 atom stereocenters. The second kappa shape index (κ2) is 9.07. The average molecular weight is 518 g/mol. The largest absolute Gasteiger partial charge is 0.355 e. The lowest BCUT2D eigenvalue weighted by molar-refractivity contribution is 0.0612. The van der Waals surface area contributed by atoms with E-state index < -0.39 is 10.0 Å². The van der Waals surface area contributed by atoms with Crippen LogP contribution < -0.4 is 15.4 Å². The minimum atomic E-state index is -3.50. The number of nitrogens with zero attached hydrogens (tertiary/aromatic N) is 5. The molecule has 0 radical (unpaired) electrons. The summed E-state index contributed by atoms with van der Waals surface area (Å²) in [5.41, 5.74) is 9.01. The van der Waals surface area contributed by atoms with E-state index in [2.05, 4.69) is 9.62 Å². The van der Waals surface area contributed by atoms with Crippen LogP contribution in [0.2, 0.25) is 0 Å². The summed E-state index contributed by atoms with van der Waals surface area (Å²) in [6, 6.07) is 3.64. The predicted molar refractivity (Wildman–Crippen MR) is 138 cm³/mol. The molecule has 188 valence electrons. The Morgan fingerprint density at radius 3 is 2.71 bits per heavy atom. The summed E-state index contributed by atoms with van der Waals surface area (Å²) >= 11 is 1.31. The number of amides is 1. The van der Waals surface area contributed by atoms with Crippen LogP contribution in [-0.2, 0) is 10.0 Å². The minimum absolute atomic E-state index is 0.165. The number of nitrogens with one attached hydrogen (secondary N) is 1. The highest BCUT2D eigenvalue weighted by atomic mass is 32.2. The first kappa shape index (κ1) is 24.0. The van der Waals surface area contributed by atoms with Crippen LogP contribution in [0, 0.1) is 13.8 Å². The third-order valence-corrected chi connectivity index (χ3v) is 8.23. The maximum Gasteiger partial charge on any atom is 0.266 e. The van der Waals surface area contributed by atoms with Crippen molar-refractivity contribution in [3.63, 3.8) is 0 Å². The summed E-state index contributed by atoms with van der Waals surface area (Å²) in [5.74, 6) is 0.755. The molecule has 3 aromatic heterocycles. The van der Waals surface area contributed by atoms with Gasteiger partial charge in [0.2, 0.25) is 10.0 Å². The van der Waals surface area contributed by atoms with Crippen molar-refractivity contribution in [2.45, 2.75) is 51.6 Å². The fraction of sp³-hybridized carbons (Fsp3) is 0.522. The Labute approximate surface area is 209 Å². The Kier molecular flexibility index (Phi) is 6.22. The molecule has 3 aromatic rings. The lowest BCUT2D eigenvalue weighted by Crippen LogP contribution is -2.38. The molecule has 12 heteroatoms. The summed E-state index contributed by atoms with van der Waals surface area (Å²) in [6.07, 6.45) is 6.70. The molecule has 3 N–H and O–H groups in total. The van der Waals surface area contributed by atoms with Crippen molar-refractivity contribution in [3.8, 4) is 0 Å². The zero-order chi connectivity index (χ0) is 24.9. The smallest absolute Gasteiger partial charge is 0.266 e. The van der Waals surface area contributed by atoms with Gasteiger partial charge in [-0.25, -0.2) is 17.9 Å². The van der Waals surface area contributed by atoms with Crippen molar-refractivity contribution in [1.82, 2.24) is 19.5 Å². The molecule has 5 heterocycles. The SMILES string of the molecule is Cc1cc(NS(C)(=O)=O)c(C(=O)N2CCCC[C@H]2c2cc3nc(N4CC[C@H](N)C4)c(C)cn3n2)s1. The van der Waals surface area contributed by atoms with Crippen LogP contribution in [-0.4, -0.2) is 65.8 Å². The summed E-state index contributed by atoms with van der Waals surface area (Å²) in [7, 11) is -3.50. The molecular formula is C23H31N7O3S2. The lowest BCUT2D eigenvalue weighted by Gasteiger charge is -2.34. The van der Waals surface area contributed by atoms with Crippen LogP contribution in [0.5, 0.6) is 0 Å². The van der Waals surface area contributed by atoms with Crippen molar-refractivity contribution in [3.05, 3.63) is 39.3 Å². The highest BCUT2D eigenvalue weighted by Gasteiger charge is 2.33. The Morgan fingerprint density at radius 2 is 2.00 bits per heavy atom. The third-order valence-electron chi connectivity index (χ3n) is 6.60. The molecule has 1 amide bonds. The zero-order valence-corrected chi connectivity index (χ0v) is 21.8. The van der Waals surface area contributed by atoms with Gasteiger partial charge in [0.1, 0.15) is 10.7 Å². The number of nitrogens with two attached hydrogens (primary N) is 1. The van der Waals surface area contributed by atoms with Gasteiger partial charge in [-0.15, -0.1) is 11.3 Å². The molecular weight excluding hydrogens is 486 g/mol. The number of hydrogen-bond acceptors (Lipinski definition) is 8. The first-order chi connectivity index (χ1) is 16.6. The predicted octanol–water partition coefficient (Wildman–Crippen LogP) is 2.68. The van der Waals surface area contributed by atoms with Crippen molar-refractivity contribution in [1.29, 1.82) is 0 Å². The quantitative estimate of drug-likeness (QED) is 0.533. The molecule has 0 unspecified atom stereocenters. The maximum atomic E-state index is 13.7. The first-order valence-corrected chi connectivity index (χ1v) is 14.6. The van der Waals surface area contributed by atoms with Crippen LogP contribution in [0.25, 0.3) is 5.65 Å². The molecule has 0 bridgehead atoms. The zero-order valence-electron chi connectivity index (χ0n) is 20.2. The number of thiophene rings is 1. The van der Waals surface area contributed by atoms with E-state index in [4.69, 9.17) is 15.8 Å². The van der Waals surface area contributed by atoms with Crippen molar-refractivity contribution in [2.24, 2.45) is 5.73 Å². The number of aromatic nitrogens is 3. The fourth-order valence-electron chi connectivity index (χ4n) is 5.04. The number of fused-ring (bicyclic) bond motifs is 1. The monoisotopic (exact) mass is 517 g/mol. The van der Waals surface area contributed by atoms with Gasteiger partial charge in [-0.05, 0) is 45.6 Å². The summed E-state index contributed by atoms with van der Waals surface area (Å²) in [4.78, 5) is 23.9. The number of anilines is 2. The Hall–Kier alpha value is -2.70. The number of aryl methyl sites for hydroxylation is 2. The minimum Gasteiger partial charge on any atom is -0.355 e.